The van der Waals surface area contributed by atoms with Crippen molar-refractivity contribution in [3.63, 3.8) is 0 Å². The molecule has 0 aliphatic heterocycles. The molecule has 0 bridgehead atoms. The fourth-order valence-electron chi connectivity index (χ4n) is 3.11. The highest BCUT2D eigenvalue weighted by atomic mass is 32.1. The lowest BCUT2D eigenvalue weighted by Gasteiger charge is -2.12. The number of fused-ring (bicyclic) bond motifs is 1. The summed E-state index contributed by atoms with van der Waals surface area (Å²) in [6.45, 7) is 0. The molecule has 12 heteroatoms. The third-order valence-corrected chi connectivity index (χ3v) is 5.61. The molecule has 1 aromatic carbocycles. The van der Waals surface area contributed by atoms with E-state index in [1.165, 1.54) is 29.1 Å². The molecule has 32 heavy (non-hydrogen) atoms. The number of hydrogen-bond acceptors (Lipinski definition) is 5. The van der Waals surface area contributed by atoms with Crippen LogP contribution in [0.3, 0.4) is 0 Å². The van der Waals surface area contributed by atoms with Crippen LogP contribution < -0.4 is 11.1 Å². The fraction of sp³-hybridized carbons (Fsp3) is 0.100. The number of primary amides is 1. The van der Waals surface area contributed by atoms with Gasteiger partial charge in [0.1, 0.15) is 21.2 Å². The van der Waals surface area contributed by atoms with Crippen LogP contribution in [0.1, 0.15) is 25.9 Å². The maximum atomic E-state index is 13.5. The molecular weight excluding hydrogens is 450 g/mol. The Morgan fingerprint density at radius 3 is 2.41 bits per heavy atom. The Labute approximate surface area is 181 Å². The zero-order chi connectivity index (χ0) is 23.2. The Morgan fingerprint density at radius 1 is 1.16 bits per heavy atom. The summed E-state index contributed by atoms with van der Waals surface area (Å²) in [5, 5.41) is 6.57. The molecule has 0 aliphatic rings. The summed E-state index contributed by atoms with van der Waals surface area (Å²) >= 11 is 0.617. The molecule has 0 radical (unpaired) electrons. The number of aryl methyl sites for hydroxylation is 1. The molecule has 3 aromatic heterocycles. The molecule has 3 heterocycles. The van der Waals surface area contributed by atoms with Crippen LogP contribution in [0.5, 0.6) is 0 Å². The van der Waals surface area contributed by atoms with Crippen LogP contribution >= 0.6 is 11.3 Å². The molecule has 2 amide bonds. The van der Waals surface area contributed by atoms with Crippen molar-refractivity contribution in [3.8, 4) is 11.1 Å². The van der Waals surface area contributed by atoms with Crippen LogP contribution in [0.25, 0.3) is 21.3 Å². The van der Waals surface area contributed by atoms with Crippen LogP contribution in [0.2, 0.25) is 0 Å². The first kappa shape index (κ1) is 21.4. The summed E-state index contributed by atoms with van der Waals surface area (Å²) in [6.07, 6.45) is -3.26. The number of aromatic nitrogens is 3. The highest BCUT2D eigenvalue weighted by Gasteiger charge is 2.35. The third-order valence-electron chi connectivity index (χ3n) is 4.52. The number of pyridine rings is 1. The predicted molar refractivity (Wildman–Crippen MR) is 110 cm³/mol. The quantitative estimate of drug-likeness (QED) is 0.443. The first-order valence-electron chi connectivity index (χ1n) is 8.96. The van der Waals surface area contributed by atoms with Crippen molar-refractivity contribution in [3.05, 3.63) is 64.7 Å². The van der Waals surface area contributed by atoms with E-state index < -0.39 is 29.5 Å². The molecule has 3 N–H and O–H groups in total. The zero-order valence-corrected chi connectivity index (χ0v) is 17.0. The predicted octanol–water partition coefficient (Wildman–Crippen LogP) is 4.21. The van der Waals surface area contributed by atoms with E-state index in [2.05, 4.69) is 15.4 Å². The summed E-state index contributed by atoms with van der Waals surface area (Å²) in [5.74, 6) is -2.23. The molecule has 0 unspecified atom stereocenters. The molecular formula is C20H13F4N5O2S. The van der Waals surface area contributed by atoms with Crippen molar-refractivity contribution in [2.75, 3.05) is 5.32 Å². The second-order valence-electron chi connectivity index (χ2n) is 6.74. The smallest absolute Gasteiger partial charge is 0.365 e. The van der Waals surface area contributed by atoms with Crippen LogP contribution in [0.15, 0.2) is 42.6 Å². The lowest BCUT2D eigenvalue weighted by molar-refractivity contribution is -0.140. The average Bonchev–Trinajstić information content (AvgIpc) is 3.31. The van der Waals surface area contributed by atoms with E-state index in [1.54, 1.807) is 7.05 Å². The number of carbonyl (C=O) groups excluding carboxylic acids is 2. The lowest BCUT2D eigenvalue weighted by Crippen LogP contribution is -2.17. The van der Waals surface area contributed by atoms with Gasteiger partial charge in [-0.05, 0) is 35.4 Å². The van der Waals surface area contributed by atoms with Gasteiger partial charge in [0.05, 0.1) is 5.69 Å². The number of nitrogens with zero attached hydrogens (tertiary/aromatic N) is 3. The molecule has 7 nitrogen and oxygen atoms in total. The average molecular weight is 463 g/mol. The van der Waals surface area contributed by atoms with E-state index in [0.717, 1.165) is 18.2 Å². The van der Waals surface area contributed by atoms with Gasteiger partial charge in [0.2, 0.25) is 0 Å². The van der Waals surface area contributed by atoms with Gasteiger partial charge in [0, 0.05) is 18.6 Å². The van der Waals surface area contributed by atoms with Gasteiger partial charge in [-0.2, -0.15) is 18.3 Å². The van der Waals surface area contributed by atoms with Crippen molar-refractivity contribution < 1.29 is 27.2 Å². The second-order valence-corrected chi connectivity index (χ2v) is 7.74. The first-order valence-corrected chi connectivity index (χ1v) is 9.77. The minimum absolute atomic E-state index is 0.00222. The van der Waals surface area contributed by atoms with Crippen LogP contribution in [-0.4, -0.2) is 26.6 Å². The van der Waals surface area contributed by atoms with Crippen LogP contribution in [0, 0.1) is 5.82 Å². The molecule has 0 saturated carbocycles. The minimum atomic E-state index is -4.78. The minimum Gasteiger partial charge on any atom is -0.365 e. The van der Waals surface area contributed by atoms with E-state index in [9.17, 15) is 27.2 Å². The maximum absolute atomic E-state index is 13.5. The number of thiophene rings is 1. The van der Waals surface area contributed by atoms with Crippen molar-refractivity contribution in [2.45, 2.75) is 6.18 Å². The Morgan fingerprint density at radius 2 is 1.84 bits per heavy atom. The summed E-state index contributed by atoms with van der Waals surface area (Å²) in [5.41, 5.74) is 4.39. The molecule has 4 rings (SSSR count). The van der Waals surface area contributed by atoms with Crippen molar-refractivity contribution in [2.24, 2.45) is 12.8 Å². The Hall–Kier alpha value is -3.80. The Kier molecular flexibility index (Phi) is 5.17. The number of nitrogens with one attached hydrogen (secondary N) is 1. The molecule has 0 aliphatic carbocycles. The number of benzene rings is 1. The summed E-state index contributed by atoms with van der Waals surface area (Å²) in [4.78, 5) is 28.0. The molecule has 4 aromatic rings. The van der Waals surface area contributed by atoms with Gasteiger partial charge in [-0.1, -0.05) is 12.1 Å². The van der Waals surface area contributed by atoms with Gasteiger partial charge in [-0.25, -0.2) is 9.37 Å². The lowest BCUT2D eigenvalue weighted by atomic mass is 10.0. The van der Waals surface area contributed by atoms with E-state index in [-0.39, 0.29) is 37.6 Å². The molecule has 164 valence electrons. The summed E-state index contributed by atoms with van der Waals surface area (Å²) < 4.78 is 55.3. The van der Waals surface area contributed by atoms with Gasteiger partial charge in [0.15, 0.2) is 5.69 Å². The normalized spacial score (nSPS) is 11.7. The van der Waals surface area contributed by atoms with Crippen molar-refractivity contribution in [1.82, 2.24) is 14.8 Å². The fourth-order valence-corrected chi connectivity index (χ4v) is 4.11. The zero-order valence-electron chi connectivity index (χ0n) is 16.2. The Balaban J connectivity index is 1.99. The van der Waals surface area contributed by atoms with Gasteiger partial charge < -0.3 is 11.1 Å². The number of carbonyl (C=O) groups is 2. The number of rotatable bonds is 4. The van der Waals surface area contributed by atoms with Gasteiger partial charge in [0.25, 0.3) is 11.8 Å². The van der Waals surface area contributed by atoms with E-state index >= 15 is 0 Å². The van der Waals surface area contributed by atoms with Crippen LogP contribution in [0.4, 0.5) is 23.2 Å². The van der Waals surface area contributed by atoms with Gasteiger partial charge in [-0.15, -0.1) is 11.3 Å². The topological polar surface area (TPSA) is 103 Å². The largest absolute Gasteiger partial charge is 0.433 e. The number of nitrogens with two attached hydrogens (primary N) is 1. The molecule has 0 saturated heterocycles. The van der Waals surface area contributed by atoms with Crippen molar-refractivity contribution in [1.29, 1.82) is 0 Å². The second kappa shape index (κ2) is 7.71. The standard InChI is InChI=1S/C20H13F4N5O2S/c1-29-7-6-12(28-29)18(31)27-15-14-11(9-2-4-10(21)5-3-9)8-13(20(22,23)24)26-19(14)32-16(15)17(25)30/h2-8H,1H3,(H2,25,30)(H,27,31). The third kappa shape index (κ3) is 3.91. The molecule has 0 atom stereocenters. The van der Waals surface area contributed by atoms with Gasteiger partial charge in [-0.3, -0.25) is 14.3 Å². The Bertz CT molecular complexity index is 1360. The number of halogens is 4. The maximum Gasteiger partial charge on any atom is 0.433 e. The highest BCUT2D eigenvalue weighted by Crippen LogP contribution is 2.43. The summed E-state index contributed by atoms with van der Waals surface area (Å²) in [7, 11) is 1.60. The van der Waals surface area contributed by atoms with Crippen LogP contribution in [-0.2, 0) is 13.2 Å². The molecule has 0 fully saturated rings. The number of alkyl halides is 3. The number of amides is 2. The van der Waals surface area contributed by atoms with E-state index in [0.29, 0.717) is 11.3 Å². The van der Waals surface area contributed by atoms with Crippen molar-refractivity contribution >= 4 is 39.1 Å². The molecule has 0 spiro atoms. The van der Waals surface area contributed by atoms with Gasteiger partial charge >= 0.3 is 6.18 Å². The SMILES string of the molecule is Cn1ccc(C(=O)Nc2c(C(N)=O)sc3nc(C(F)(F)F)cc(-c4ccc(F)cc4)c23)n1. The highest BCUT2D eigenvalue weighted by molar-refractivity contribution is 7.21. The first-order chi connectivity index (χ1) is 15.0. The van der Waals surface area contributed by atoms with E-state index in [1.807, 2.05) is 0 Å². The van der Waals surface area contributed by atoms with E-state index in [4.69, 9.17) is 5.73 Å². The number of anilines is 1. The monoisotopic (exact) mass is 463 g/mol. The summed E-state index contributed by atoms with van der Waals surface area (Å²) in [6, 6.07) is 6.95. The number of hydrogen-bond donors (Lipinski definition) is 2.